The van der Waals surface area contributed by atoms with Crippen molar-refractivity contribution in [3.8, 4) is 6.07 Å². The average molecular weight is 317 g/mol. The van der Waals surface area contributed by atoms with Crippen molar-refractivity contribution in [3.05, 3.63) is 59.7 Å². The largest absolute Gasteiger partial charge is 0.341 e. The lowest BCUT2D eigenvalue weighted by molar-refractivity contribution is 0.740. The van der Waals surface area contributed by atoms with Crippen LogP contribution in [-0.4, -0.2) is 28.7 Å². The van der Waals surface area contributed by atoms with Gasteiger partial charge in [-0.1, -0.05) is 24.3 Å². The first-order chi connectivity index (χ1) is 11.7. The minimum atomic E-state index is 0.216. The van der Waals surface area contributed by atoms with Gasteiger partial charge in [-0.15, -0.1) is 0 Å². The molecule has 2 N–H and O–H groups in total. The Balaban J connectivity index is 1.75. The summed E-state index contributed by atoms with van der Waals surface area (Å²) in [5, 5.41) is 8.96. The molecule has 0 aliphatic carbocycles. The number of benzene rings is 2. The summed E-state index contributed by atoms with van der Waals surface area (Å²) in [5.41, 5.74) is 10.0. The fourth-order valence-electron chi connectivity index (χ4n) is 3.30. The number of anilines is 1. The van der Waals surface area contributed by atoms with Crippen molar-refractivity contribution in [1.82, 2.24) is 9.55 Å². The van der Waals surface area contributed by atoms with Gasteiger partial charge in [0.25, 0.3) is 0 Å². The first-order valence-corrected chi connectivity index (χ1v) is 8.19. The lowest BCUT2D eigenvalue weighted by Gasteiger charge is -2.19. The summed E-state index contributed by atoms with van der Waals surface area (Å²) >= 11 is 0. The van der Waals surface area contributed by atoms with Crippen molar-refractivity contribution in [2.45, 2.75) is 19.0 Å². The van der Waals surface area contributed by atoms with Gasteiger partial charge in [-0.2, -0.15) is 5.26 Å². The summed E-state index contributed by atoms with van der Waals surface area (Å²) in [6.07, 6.45) is 1.00. The van der Waals surface area contributed by atoms with E-state index >= 15 is 0 Å². The molecule has 1 aromatic heterocycles. The standard InChI is InChI=1S/C19H19N5/c20-11-14-5-7-15(8-6-14)12-24-18-4-2-1-3-17(18)22-19(24)23-10-9-16(21)13-23/h1-8,16H,9-10,12-13,21H2/t16-/m0/s1. The van der Waals surface area contributed by atoms with Crippen LogP contribution in [0.3, 0.4) is 0 Å². The molecule has 2 heterocycles. The normalized spacial score (nSPS) is 17.3. The van der Waals surface area contributed by atoms with Crippen LogP contribution in [0.1, 0.15) is 17.5 Å². The van der Waals surface area contributed by atoms with Crippen molar-refractivity contribution in [1.29, 1.82) is 5.26 Å². The van der Waals surface area contributed by atoms with Crippen molar-refractivity contribution < 1.29 is 0 Å². The molecule has 0 spiro atoms. The van der Waals surface area contributed by atoms with Crippen LogP contribution in [-0.2, 0) is 6.54 Å². The minimum Gasteiger partial charge on any atom is -0.341 e. The Morgan fingerprint density at radius 2 is 1.96 bits per heavy atom. The van der Waals surface area contributed by atoms with Crippen molar-refractivity contribution in [2.75, 3.05) is 18.0 Å². The van der Waals surface area contributed by atoms with E-state index in [1.807, 2.05) is 42.5 Å². The van der Waals surface area contributed by atoms with Crippen LogP contribution >= 0.6 is 0 Å². The highest BCUT2D eigenvalue weighted by Crippen LogP contribution is 2.26. The monoisotopic (exact) mass is 317 g/mol. The summed E-state index contributed by atoms with van der Waals surface area (Å²) < 4.78 is 2.24. The predicted octanol–water partition coefficient (Wildman–Crippen LogP) is 2.49. The Bertz CT molecular complexity index is 904. The minimum absolute atomic E-state index is 0.216. The first kappa shape index (κ1) is 14.7. The van der Waals surface area contributed by atoms with Gasteiger partial charge in [0.1, 0.15) is 0 Å². The Morgan fingerprint density at radius 3 is 2.67 bits per heavy atom. The van der Waals surface area contributed by atoms with Gasteiger partial charge in [0, 0.05) is 19.1 Å². The maximum absolute atomic E-state index is 8.96. The van der Waals surface area contributed by atoms with E-state index in [-0.39, 0.29) is 6.04 Å². The van der Waals surface area contributed by atoms with Gasteiger partial charge >= 0.3 is 0 Å². The average Bonchev–Trinajstić information content (AvgIpc) is 3.20. The second-order valence-corrected chi connectivity index (χ2v) is 6.29. The summed E-state index contributed by atoms with van der Waals surface area (Å²) in [7, 11) is 0. The first-order valence-electron chi connectivity index (χ1n) is 8.19. The molecule has 1 fully saturated rings. The lowest BCUT2D eigenvalue weighted by atomic mass is 10.1. The number of nitriles is 1. The summed E-state index contributed by atoms with van der Waals surface area (Å²) in [6.45, 7) is 2.52. The van der Waals surface area contributed by atoms with Gasteiger partial charge in [0.2, 0.25) is 5.95 Å². The third kappa shape index (κ3) is 2.61. The molecule has 0 amide bonds. The Labute approximate surface area is 140 Å². The highest BCUT2D eigenvalue weighted by Gasteiger charge is 2.24. The zero-order valence-corrected chi connectivity index (χ0v) is 13.4. The molecule has 3 aromatic rings. The highest BCUT2D eigenvalue weighted by molar-refractivity contribution is 5.79. The van der Waals surface area contributed by atoms with Crippen molar-refractivity contribution in [3.63, 3.8) is 0 Å². The van der Waals surface area contributed by atoms with E-state index < -0.39 is 0 Å². The van der Waals surface area contributed by atoms with Gasteiger partial charge in [-0.3, -0.25) is 0 Å². The molecule has 0 unspecified atom stereocenters. The summed E-state index contributed by atoms with van der Waals surface area (Å²) in [4.78, 5) is 7.11. The molecule has 24 heavy (non-hydrogen) atoms. The van der Waals surface area contributed by atoms with Crippen LogP contribution in [0.5, 0.6) is 0 Å². The van der Waals surface area contributed by atoms with Crippen LogP contribution < -0.4 is 10.6 Å². The molecule has 4 rings (SSSR count). The number of rotatable bonds is 3. The van der Waals surface area contributed by atoms with Gasteiger partial charge in [0.05, 0.1) is 29.2 Å². The van der Waals surface area contributed by atoms with Crippen LogP contribution in [0.25, 0.3) is 11.0 Å². The molecule has 5 heteroatoms. The zero-order valence-electron chi connectivity index (χ0n) is 13.4. The number of hydrogen-bond donors (Lipinski definition) is 1. The van der Waals surface area contributed by atoms with E-state index in [9.17, 15) is 0 Å². The van der Waals surface area contributed by atoms with E-state index in [4.69, 9.17) is 16.0 Å². The molecule has 2 aromatic carbocycles. The van der Waals surface area contributed by atoms with E-state index in [0.29, 0.717) is 5.56 Å². The SMILES string of the molecule is N#Cc1ccc(Cn2c(N3CC[C@H](N)C3)nc3ccccc32)cc1. The zero-order chi connectivity index (χ0) is 16.5. The van der Waals surface area contributed by atoms with Crippen molar-refractivity contribution >= 4 is 17.0 Å². The maximum Gasteiger partial charge on any atom is 0.206 e. The lowest BCUT2D eigenvalue weighted by Crippen LogP contribution is -2.28. The Kier molecular flexibility index (Phi) is 3.68. The smallest absolute Gasteiger partial charge is 0.206 e. The third-order valence-corrected chi connectivity index (χ3v) is 4.57. The quantitative estimate of drug-likeness (QED) is 0.805. The maximum atomic E-state index is 8.96. The van der Waals surface area contributed by atoms with E-state index in [0.717, 1.165) is 48.6 Å². The Hall–Kier alpha value is -2.84. The molecule has 120 valence electrons. The summed E-state index contributed by atoms with van der Waals surface area (Å²) in [6, 6.07) is 18.3. The second-order valence-electron chi connectivity index (χ2n) is 6.29. The van der Waals surface area contributed by atoms with E-state index in [2.05, 4.69) is 21.6 Å². The van der Waals surface area contributed by atoms with Crippen LogP contribution in [0, 0.1) is 11.3 Å². The number of para-hydroxylation sites is 2. The fraction of sp³-hybridized carbons (Fsp3) is 0.263. The van der Waals surface area contributed by atoms with Crippen LogP contribution in [0.15, 0.2) is 48.5 Å². The predicted molar refractivity (Wildman–Crippen MR) is 94.8 cm³/mol. The summed E-state index contributed by atoms with van der Waals surface area (Å²) in [5.74, 6) is 0.980. The fourth-order valence-corrected chi connectivity index (χ4v) is 3.30. The number of nitrogens with two attached hydrogens (primary N) is 1. The third-order valence-electron chi connectivity index (χ3n) is 4.57. The molecule has 1 aliphatic heterocycles. The van der Waals surface area contributed by atoms with E-state index in [1.54, 1.807) is 0 Å². The van der Waals surface area contributed by atoms with Crippen LogP contribution in [0.2, 0.25) is 0 Å². The molecular formula is C19H19N5. The van der Waals surface area contributed by atoms with Crippen molar-refractivity contribution in [2.24, 2.45) is 5.73 Å². The molecule has 5 nitrogen and oxygen atoms in total. The molecule has 0 saturated carbocycles. The highest BCUT2D eigenvalue weighted by atomic mass is 15.3. The number of aromatic nitrogens is 2. The molecule has 1 aliphatic rings. The topological polar surface area (TPSA) is 70.9 Å². The second kappa shape index (κ2) is 5.99. The van der Waals surface area contributed by atoms with Gasteiger partial charge in [-0.25, -0.2) is 4.98 Å². The van der Waals surface area contributed by atoms with Crippen LogP contribution in [0.4, 0.5) is 5.95 Å². The van der Waals surface area contributed by atoms with Gasteiger partial charge in [-0.05, 0) is 36.2 Å². The molecule has 0 radical (unpaired) electrons. The van der Waals surface area contributed by atoms with Gasteiger partial charge < -0.3 is 15.2 Å². The Morgan fingerprint density at radius 1 is 1.17 bits per heavy atom. The van der Waals surface area contributed by atoms with Gasteiger partial charge in [0.15, 0.2) is 0 Å². The number of nitrogens with zero attached hydrogens (tertiary/aromatic N) is 4. The molecule has 1 atom stereocenters. The molecular weight excluding hydrogens is 298 g/mol. The number of hydrogen-bond acceptors (Lipinski definition) is 4. The van der Waals surface area contributed by atoms with E-state index in [1.165, 1.54) is 0 Å². The number of fused-ring (bicyclic) bond motifs is 1. The molecule has 0 bridgehead atoms. The molecule has 1 saturated heterocycles. The number of imidazole rings is 1.